The van der Waals surface area contributed by atoms with Crippen LogP contribution in [0, 0.1) is 6.92 Å². The summed E-state index contributed by atoms with van der Waals surface area (Å²) >= 11 is 0. The molecule has 1 aliphatic heterocycles. The van der Waals surface area contributed by atoms with E-state index in [-0.39, 0.29) is 6.03 Å². The van der Waals surface area contributed by atoms with E-state index in [1.807, 2.05) is 37.3 Å². The van der Waals surface area contributed by atoms with Crippen LogP contribution >= 0.6 is 0 Å². The average molecular weight is 433 g/mol. The van der Waals surface area contributed by atoms with Gasteiger partial charge in [0.05, 0.1) is 11.9 Å². The molecule has 3 rings (SSSR count). The van der Waals surface area contributed by atoms with E-state index in [0.29, 0.717) is 44.1 Å². The van der Waals surface area contributed by atoms with Crippen LogP contribution in [0.15, 0.2) is 42.6 Å². The number of pyridine rings is 1. The average Bonchev–Trinajstić information content (AvgIpc) is 2.70. The summed E-state index contributed by atoms with van der Waals surface area (Å²) in [7, 11) is -0.269. The Labute approximate surface area is 177 Å². The third-order valence-corrected chi connectivity index (χ3v) is 6.82. The molecule has 9 nitrogen and oxygen atoms in total. The monoisotopic (exact) mass is 432 g/mol. The van der Waals surface area contributed by atoms with E-state index in [2.05, 4.69) is 20.5 Å². The van der Waals surface area contributed by atoms with Crippen molar-refractivity contribution in [2.45, 2.75) is 13.5 Å². The van der Waals surface area contributed by atoms with Gasteiger partial charge in [-0.05, 0) is 36.8 Å². The van der Waals surface area contributed by atoms with Crippen molar-refractivity contribution in [3.05, 3.63) is 53.9 Å². The van der Waals surface area contributed by atoms with E-state index in [9.17, 15) is 13.2 Å². The van der Waals surface area contributed by atoms with Crippen LogP contribution in [0.3, 0.4) is 0 Å². The number of rotatable bonds is 6. The number of urea groups is 1. The summed E-state index contributed by atoms with van der Waals surface area (Å²) in [6.45, 7) is 4.82. The zero-order chi connectivity index (χ0) is 21.7. The van der Waals surface area contributed by atoms with Gasteiger partial charge >= 0.3 is 6.03 Å². The van der Waals surface area contributed by atoms with Gasteiger partial charge in [-0.2, -0.15) is 17.0 Å². The molecule has 1 aliphatic rings. The number of aryl methyl sites for hydroxylation is 1. The topological polar surface area (TPSA) is 97.9 Å². The lowest BCUT2D eigenvalue weighted by Gasteiger charge is -2.35. The molecule has 2 amide bonds. The second-order valence-electron chi connectivity index (χ2n) is 7.43. The maximum Gasteiger partial charge on any atom is 0.323 e. The number of benzene rings is 1. The Morgan fingerprint density at radius 1 is 1.07 bits per heavy atom. The first-order valence-electron chi connectivity index (χ1n) is 9.73. The van der Waals surface area contributed by atoms with E-state index in [0.717, 1.165) is 11.3 Å². The van der Waals surface area contributed by atoms with Crippen LogP contribution < -0.4 is 10.6 Å². The van der Waals surface area contributed by atoms with E-state index < -0.39 is 10.2 Å². The molecule has 0 radical (unpaired) electrons. The zero-order valence-electron chi connectivity index (χ0n) is 17.5. The fourth-order valence-electron chi connectivity index (χ4n) is 3.19. The second kappa shape index (κ2) is 9.52. The van der Waals surface area contributed by atoms with Crippen molar-refractivity contribution in [3.8, 4) is 0 Å². The van der Waals surface area contributed by atoms with Gasteiger partial charge in [0.2, 0.25) is 0 Å². The van der Waals surface area contributed by atoms with Gasteiger partial charge in [0.15, 0.2) is 0 Å². The van der Waals surface area contributed by atoms with Crippen molar-refractivity contribution in [1.29, 1.82) is 0 Å². The SMILES string of the molecule is Cc1ccc(NC(=O)Nc2cccc(CN3CCN(S(=O)(=O)N(C)C)CC3)c2)cn1. The molecule has 1 aromatic carbocycles. The van der Waals surface area contributed by atoms with Crippen molar-refractivity contribution in [3.63, 3.8) is 0 Å². The summed E-state index contributed by atoms with van der Waals surface area (Å²) in [6, 6.07) is 10.9. The van der Waals surface area contributed by atoms with Gasteiger partial charge in [-0.15, -0.1) is 0 Å². The normalized spacial score (nSPS) is 15.9. The summed E-state index contributed by atoms with van der Waals surface area (Å²) in [5, 5.41) is 5.59. The number of nitrogens with zero attached hydrogens (tertiary/aromatic N) is 4. The standard InChI is InChI=1S/C20H28N6O3S/c1-16-7-8-19(14-21-16)23-20(27)22-18-6-4-5-17(13-18)15-25-9-11-26(12-10-25)30(28,29)24(2)3/h4-8,13-14H,9-12,15H2,1-3H3,(H2,22,23,27). The lowest BCUT2D eigenvalue weighted by atomic mass is 10.2. The highest BCUT2D eigenvalue weighted by molar-refractivity contribution is 7.86. The Kier molecular flexibility index (Phi) is 7.03. The van der Waals surface area contributed by atoms with Crippen molar-refractivity contribution < 1.29 is 13.2 Å². The molecule has 2 heterocycles. The molecule has 1 aromatic heterocycles. The van der Waals surface area contributed by atoms with E-state index in [1.165, 1.54) is 8.61 Å². The number of nitrogens with one attached hydrogen (secondary N) is 2. The summed E-state index contributed by atoms with van der Waals surface area (Å²) < 4.78 is 27.2. The van der Waals surface area contributed by atoms with E-state index in [1.54, 1.807) is 26.4 Å². The fraction of sp³-hybridized carbons (Fsp3) is 0.400. The summed E-state index contributed by atoms with van der Waals surface area (Å²) in [4.78, 5) is 18.6. The molecule has 0 spiro atoms. The van der Waals surface area contributed by atoms with Crippen LogP contribution in [-0.2, 0) is 16.8 Å². The minimum absolute atomic E-state index is 0.333. The highest BCUT2D eigenvalue weighted by Gasteiger charge is 2.28. The van der Waals surface area contributed by atoms with Crippen molar-refractivity contribution >= 4 is 27.6 Å². The van der Waals surface area contributed by atoms with E-state index in [4.69, 9.17) is 0 Å². The lowest BCUT2D eigenvalue weighted by molar-refractivity contribution is 0.177. The molecule has 0 aliphatic carbocycles. The molecular weight excluding hydrogens is 404 g/mol. The van der Waals surface area contributed by atoms with Crippen LogP contribution in [0.2, 0.25) is 0 Å². The smallest absolute Gasteiger partial charge is 0.308 e. The molecule has 10 heteroatoms. The molecular formula is C20H28N6O3S. The number of hydrogen-bond donors (Lipinski definition) is 2. The first kappa shape index (κ1) is 22.2. The number of piperazine rings is 1. The minimum Gasteiger partial charge on any atom is -0.308 e. The maximum atomic E-state index is 12.2. The van der Waals surface area contributed by atoms with Crippen molar-refractivity contribution in [2.75, 3.05) is 50.9 Å². The van der Waals surface area contributed by atoms with Gasteiger partial charge in [0, 0.05) is 58.2 Å². The number of aromatic nitrogens is 1. The number of carbonyl (C=O) groups is 1. The Bertz CT molecular complexity index is 970. The molecule has 0 unspecified atom stereocenters. The van der Waals surface area contributed by atoms with Gasteiger partial charge < -0.3 is 10.6 Å². The largest absolute Gasteiger partial charge is 0.323 e. The maximum absolute atomic E-state index is 12.2. The number of anilines is 2. The molecule has 30 heavy (non-hydrogen) atoms. The minimum atomic E-state index is -3.36. The molecule has 2 aromatic rings. The Hall–Kier alpha value is -2.53. The summed E-state index contributed by atoms with van der Waals surface area (Å²) in [5.74, 6) is 0. The third kappa shape index (κ3) is 5.76. The molecule has 0 saturated carbocycles. The Morgan fingerprint density at radius 3 is 2.40 bits per heavy atom. The number of hydrogen-bond acceptors (Lipinski definition) is 5. The second-order valence-corrected chi connectivity index (χ2v) is 9.58. The molecule has 0 atom stereocenters. The molecule has 1 saturated heterocycles. The summed E-state index contributed by atoms with van der Waals surface area (Å²) in [5.41, 5.74) is 3.25. The zero-order valence-corrected chi connectivity index (χ0v) is 18.3. The quantitative estimate of drug-likeness (QED) is 0.727. The first-order valence-corrected chi connectivity index (χ1v) is 11.1. The first-order chi connectivity index (χ1) is 14.2. The fourth-order valence-corrected chi connectivity index (χ4v) is 4.28. The van der Waals surface area contributed by atoms with Crippen LogP contribution in [0.4, 0.5) is 16.2 Å². The van der Waals surface area contributed by atoms with Crippen LogP contribution in [0.5, 0.6) is 0 Å². The predicted octanol–water partition coefficient (Wildman–Crippen LogP) is 1.96. The summed E-state index contributed by atoms with van der Waals surface area (Å²) in [6.07, 6.45) is 1.61. The Balaban J connectivity index is 1.53. The highest BCUT2D eigenvalue weighted by atomic mass is 32.2. The van der Waals surface area contributed by atoms with E-state index >= 15 is 0 Å². The van der Waals surface area contributed by atoms with Crippen molar-refractivity contribution in [1.82, 2.24) is 18.5 Å². The van der Waals surface area contributed by atoms with Crippen LogP contribution in [0.25, 0.3) is 0 Å². The molecule has 0 bridgehead atoms. The molecule has 1 fully saturated rings. The Morgan fingerprint density at radius 2 is 1.77 bits per heavy atom. The van der Waals surface area contributed by atoms with Crippen LogP contribution in [0.1, 0.15) is 11.3 Å². The van der Waals surface area contributed by atoms with Gasteiger partial charge in [-0.3, -0.25) is 9.88 Å². The van der Waals surface area contributed by atoms with Gasteiger partial charge in [0.25, 0.3) is 10.2 Å². The third-order valence-electron chi connectivity index (χ3n) is 4.88. The van der Waals surface area contributed by atoms with Crippen molar-refractivity contribution in [2.24, 2.45) is 0 Å². The predicted molar refractivity (Wildman–Crippen MR) is 118 cm³/mol. The van der Waals surface area contributed by atoms with Gasteiger partial charge in [0.1, 0.15) is 0 Å². The molecule has 2 N–H and O–H groups in total. The highest BCUT2D eigenvalue weighted by Crippen LogP contribution is 2.16. The van der Waals surface area contributed by atoms with Gasteiger partial charge in [-0.25, -0.2) is 4.79 Å². The van der Waals surface area contributed by atoms with Gasteiger partial charge in [-0.1, -0.05) is 12.1 Å². The number of carbonyl (C=O) groups excluding carboxylic acids is 1. The lowest BCUT2D eigenvalue weighted by Crippen LogP contribution is -2.51. The number of amides is 2. The molecule has 162 valence electrons. The van der Waals surface area contributed by atoms with Crippen LogP contribution in [-0.4, -0.2) is 73.2 Å².